The highest BCUT2D eigenvalue weighted by Crippen LogP contribution is 2.21. The molecule has 1 aliphatic rings. The summed E-state index contributed by atoms with van der Waals surface area (Å²) in [6, 6.07) is 5.24. The highest BCUT2D eigenvalue weighted by atomic mass is 32.2. The molecule has 1 atom stereocenters. The Kier molecular flexibility index (Phi) is 6.12. The van der Waals surface area contributed by atoms with Crippen molar-refractivity contribution in [2.45, 2.75) is 32.4 Å². The number of anilines is 1. The molecule has 1 aromatic carbocycles. The lowest BCUT2D eigenvalue weighted by molar-refractivity contribution is -0.129. The van der Waals surface area contributed by atoms with Crippen LogP contribution in [-0.4, -0.2) is 51.5 Å². The van der Waals surface area contributed by atoms with Gasteiger partial charge in [0.2, 0.25) is 17.7 Å². The Hall–Kier alpha value is -3.01. The van der Waals surface area contributed by atoms with Gasteiger partial charge in [-0.15, -0.1) is 10.2 Å². The maximum atomic E-state index is 12.3. The first kappa shape index (κ1) is 20.7. The fourth-order valence-electron chi connectivity index (χ4n) is 2.97. The molecule has 9 nitrogen and oxygen atoms in total. The number of amides is 4. The third kappa shape index (κ3) is 5.08. The molecule has 4 amide bonds. The monoisotopic (exact) mass is 415 g/mol. The topological polar surface area (TPSA) is 118 Å². The van der Waals surface area contributed by atoms with E-state index in [0.717, 1.165) is 33.5 Å². The van der Waals surface area contributed by atoms with Gasteiger partial charge in [0.05, 0.1) is 11.7 Å². The summed E-state index contributed by atoms with van der Waals surface area (Å²) in [7, 11) is 1.39. The summed E-state index contributed by atoms with van der Waals surface area (Å²) >= 11 is 1.11. The maximum Gasteiger partial charge on any atom is 0.349 e. The molecule has 0 spiro atoms. The highest BCUT2D eigenvalue weighted by Gasteiger charge is 2.34. The van der Waals surface area contributed by atoms with Gasteiger partial charge >= 0.3 is 6.03 Å². The zero-order chi connectivity index (χ0) is 21.1. The fourth-order valence-corrected chi connectivity index (χ4v) is 3.55. The summed E-state index contributed by atoms with van der Waals surface area (Å²) in [4.78, 5) is 40.8. The molecule has 1 aromatic heterocycles. The number of benzene rings is 1. The largest absolute Gasteiger partial charge is 0.416 e. The number of urea groups is 1. The Labute approximate surface area is 172 Å². The minimum atomic E-state index is -0.621. The average molecular weight is 415 g/mol. The van der Waals surface area contributed by atoms with Gasteiger partial charge in [-0.2, -0.15) is 0 Å². The van der Waals surface area contributed by atoms with Gasteiger partial charge in [-0.05, 0) is 44.0 Å². The van der Waals surface area contributed by atoms with Crippen LogP contribution in [0.5, 0.6) is 0 Å². The van der Waals surface area contributed by atoms with Gasteiger partial charge in [-0.3, -0.25) is 14.5 Å². The molecule has 0 aliphatic carbocycles. The fraction of sp³-hybridized carbons (Fsp3) is 0.368. The Balaban J connectivity index is 1.56. The van der Waals surface area contributed by atoms with Gasteiger partial charge in [-0.25, -0.2) is 9.79 Å². The molecule has 0 bridgehead atoms. The first-order chi connectivity index (χ1) is 13.7. The molecular weight excluding hydrogens is 394 g/mol. The number of rotatable bonds is 6. The van der Waals surface area contributed by atoms with Crippen LogP contribution >= 0.6 is 11.8 Å². The van der Waals surface area contributed by atoms with E-state index < -0.39 is 11.9 Å². The number of aryl methyl sites for hydroxylation is 2. The number of carbonyl (C=O) groups is 3. The lowest BCUT2D eigenvalue weighted by Gasteiger charge is -2.24. The van der Waals surface area contributed by atoms with E-state index in [9.17, 15) is 14.4 Å². The van der Waals surface area contributed by atoms with Crippen LogP contribution in [0.15, 0.2) is 32.8 Å². The standard InChI is InChI=1S/C19H21N5O4S/c1-10-5-11(2)7-13(6-10)21-15(25)9-29-19-23-22-16(28-19)8-14-12(3)20-18(27)24(4)17(14)26/h5-7,14H,8-9H2,1-4H3,(H,21,25). The van der Waals surface area contributed by atoms with Crippen molar-refractivity contribution in [3.63, 3.8) is 0 Å². The van der Waals surface area contributed by atoms with E-state index in [4.69, 9.17) is 4.42 Å². The van der Waals surface area contributed by atoms with Crippen LogP contribution in [0.4, 0.5) is 10.5 Å². The van der Waals surface area contributed by atoms with Gasteiger partial charge < -0.3 is 9.73 Å². The van der Waals surface area contributed by atoms with Crippen LogP contribution < -0.4 is 5.32 Å². The minimum absolute atomic E-state index is 0.106. The second kappa shape index (κ2) is 8.56. The van der Waals surface area contributed by atoms with Crippen molar-refractivity contribution in [2.24, 2.45) is 10.9 Å². The van der Waals surface area contributed by atoms with Crippen molar-refractivity contribution in [3.8, 4) is 0 Å². The smallest absolute Gasteiger partial charge is 0.349 e. The summed E-state index contributed by atoms with van der Waals surface area (Å²) in [5, 5.41) is 10.9. The molecule has 0 fully saturated rings. The van der Waals surface area contributed by atoms with E-state index >= 15 is 0 Å². The quantitative estimate of drug-likeness (QED) is 0.721. The van der Waals surface area contributed by atoms with Crippen molar-refractivity contribution in [3.05, 3.63) is 35.2 Å². The number of hydrogen-bond donors (Lipinski definition) is 1. The Morgan fingerprint density at radius 1 is 1.17 bits per heavy atom. The number of nitrogens with zero attached hydrogens (tertiary/aromatic N) is 4. The number of imide groups is 1. The number of carbonyl (C=O) groups excluding carboxylic acids is 3. The molecular formula is C19H21N5O4S. The van der Waals surface area contributed by atoms with Crippen molar-refractivity contribution in [2.75, 3.05) is 18.1 Å². The second-order valence-electron chi connectivity index (χ2n) is 6.86. The molecule has 0 saturated heterocycles. The molecule has 1 unspecified atom stereocenters. The third-order valence-corrected chi connectivity index (χ3v) is 5.17. The molecule has 2 heterocycles. The summed E-state index contributed by atoms with van der Waals surface area (Å²) in [6.07, 6.45) is 0.147. The number of aliphatic imine (C=N–C) groups is 1. The van der Waals surface area contributed by atoms with Crippen molar-refractivity contribution >= 4 is 41.0 Å². The normalized spacial score (nSPS) is 16.8. The number of hydrogen-bond acceptors (Lipinski definition) is 7. The van der Waals surface area contributed by atoms with Gasteiger partial charge in [0.1, 0.15) is 0 Å². The Morgan fingerprint density at radius 2 is 1.86 bits per heavy atom. The Bertz CT molecular complexity index is 980. The molecule has 29 heavy (non-hydrogen) atoms. The minimum Gasteiger partial charge on any atom is -0.416 e. The van der Waals surface area contributed by atoms with E-state index in [1.54, 1.807) is 6.92 Å². The number of aromatic nitrogens is 2. The summed E-state index contributed by atoms with van der Waals surface area (Å²) in [5.41, 5.74) is 3.29. The first-order valence-corrected chi connectivity index (χ1v) is 9.91. The predicted octanol–water partition coefficient (Wildman–Crippen LogP) is 2.63. The summed E-state index contributed by atoms with van der Waals surface area (Å²) < 4.78 is 5.53. The SMILES string of the molecule is CC1=NC(=O)N(C)C(=O)C1Cc1nnc(SCC(=O)Nc2cc(C)cc(C)c2)o1. The van der Waals surface area contributed by atoms with E-state index in [2.05, 4.69) is 20.5 Å². The highest BCUT2D eigenvalue weighted by molar-refractivity contribution is 7.99. The van der Waals surface area contributed by atoms with Crippen LogP contribution in [0.25, 0.3) is 0 Å². The lowest BCUT2D eigenvalue weighted by atomic mass is 9.97. The predicted molar refractivity (Wildman–Crippen MR) is 108 cm³/mol. The van der Waals surface area contributed by atoms with Crippen LogP contribution in [0.1, 0.15) is 23.9 Å². The summed E-state index contributed by atoms with van der Waals surface area (Å²) in [6.45, 7) is 5.56. The molecule has 1 N–H and O–H groups in total. The van der Waals surface area contributed by atoms with Crippen molar-refractivity contribution in [1.82, 2.24) is 15.1 Å². The zero-order valence-electron chi connectivity index (χ0n) is 16.6. The molecule has 0 saturated carbocycles. The first-order valence-electron chi connectivity index (χ1n) is 8.93. The molecule has 0 radical (unpaired) electrons. The second-order valence-corrected chi connectivity index (χ2v) is 7.79. The van der Waals surface area contributed by atoms with Crippen LogP contribution in [-0.2, 0) is 16.0 Å². The third-order valence-electron chi connectivity index (χ3n) is 4.35. The van der Waals surface area contributed by atoms with Crippen LogP contribution in [0, 0.1) is 19.8 Å². The maximum absolute atomic E-state index is 12.3. The van der Waals surface area contributed by atoms with E-state index in [1.165, 1.54) is 7.05 Å². The van der Waals surface area contributed by atoms with Crippen molar-refractivity contribution in [1.29, 1.82) is 0 Å². The molecule has 1 aliphatic heterocycles. The van der Waals surface area contributed by atoms with Crippen LogP contribution in [0.2, 0.25) is 0 Å². The average Bonchev–Trinajstić information content (AvgIpc) is 3.08. The zero-order valence-corrected chi connectivity index (χ0v) is 17.4. The van der Waals surface area contributed by atoms with E-state index in [-0.39, 0.29) is 35.1 Å². The lowest BCUT2D eigenvalue weighted by Crippen LogP contribution is -2.44. The van der Waals surface area contributed by atoms with E-state index in [1.807, 2.05) is 32.0 Å². The summed E-state index contributed by atoms with van der Waals surface area (Å²) in [5.74, 6) is -0.816. The number of nitrogens with one attached hydrogen (secondary N) is 1. The van der Waals surface area contributed by atoms with Gasteiger partial charge in [0, 0.05) is 24.9 Å². The molecule has 3 rings (SSSR count). The molecule has 152 valence electrons. The molecule has 2 aromatic rings. The van der Waals surface area contributed by atoms with Gasteiger partial charge in [0.25, 0.3) is 5.22 Å². The van der Waals surface area contributed by atoms with E-state index in [0.29, 0.717) is 5.71 Å². The van der Waals surface area contributed by atoms with Crippen molar-refractivity contribution < 1.29 is 18.8 Å². The van der Waals surface area contributed by atoms with Crippen LogP contribution in [0.3, 0.4) is 0 Å². The van der Waals surface area contributed by atoms with Gasteiger partial charge in [0.15, 0.2) is 0 Å². The van der Waals surface area contributed by atoms with Gasteiger partial charge in [-0.1, -0.05) is 17.8 Å². The Morgan fingerprint density at radius 3 is 2.55 bits per heavy atom. The number of thioether (sulfide) groups is 1. The molecule has 10 heteroatoms.